The summed E-state index contributed by atoms with van der Waals surface area (Å²) in [6, 6.07) is 4.72. The third-order valence-electron chi connectivity index (χ3n) is 2.57. The van der Waals surface area contributed by atoms with Gasteiger partial charge in [0, 0.05) is 5.56 Å². The van der Waals surface area contributed by atoms with Gasteiger partial charge in [0.15, 0.2) is 17.7 Å². The molecule has 94 valence electrons. The van der Waals surface area contributed by atoms with E-state index in [4.69, 9.17) is 21.1 Å². The standard InChI is InChI=1S/C12H6ClN3O3/c13-7-1-6(2-10-11(7)16-5-19-10)8-3-9(12(17)18)15-4-14-8/h1-5H,(H,17,18). The molecule has 0 amide bonds. The van der Waals surface area contributed by atoms with Crippen LogP contribution < -0.4 is 0 Å². The second-order valence-electron chi connectivity index (χ2n) is 3.75. The number of rotatable bonds is 2. The number of nitrogens with zero attached hydrogens (tertiary/aromatic N) is 3. The number of fused-ring (bicyclic) bond motifs is 1. The fourth-order valence-corrected chi connectivity index (χ4v) is 1.96. The molecular formula is C12H6ClN3O3. The van der Waals surface area contributed by atoms with Crippen molar-refractivity contribution in [2.75, 3.05) is 0 Å². The summed E-state index contributed by atoms with van der Waals surface area (Å²) in [4.78, 5) is 22.5. The van der Waals surface area contributed by atoms with Crippen LogP contribution >= 0.6 is 11.6 Å². The molecule has 0 saturated carbocycles. The van der Waals surface area contributed by atoms with Crippen molar-refractivity contribution in [3.8, 4) is 11.3 Å². The van der Waals surface area contributed by atoms with Crippen molar-refractivity contribution < 1.29 is 14.3 Å². The molecule has 0 radical (unpaired) electrons. The first kappa shape index (κ1) is 11.6. The van der Waals surface area contributed by atoms with E-state index in [2.05, 4.69) is 15.0 Å². The molecular weight excluding hydrogens is 270 g/mol. The number of oxazole rings is 1. The zero-order valence-corrected chi connectivity index (χ0v) is 10.1. The Morgan fingerprint density at radius 2 is 2.05 bits per heavy atom. The molecule has 0 spiro atoms. The normalized spacial score (nSPS) is 10.8. The van der Waals surface area contributed by atoms with Gasteiger partial charge in [-0.2, -0.15) is 0 Å². The van der Waals surface area contributed by atoms with Gasteiger partial charge < -0.3 is 9.52 Å². The number of benzene rings is 1. The largest absolute Gasteiger partial charge is 0.477 e. The Kier molecular flexibility index (Phi) is 2.64. The lowest BCUT2D eigenvalue weighted by Crippen LogP contribution is -2.01. The molecule has 0 saturated heterocycles. The van der Waals surface area contributed by atoms with Crippen molar-refractivity contribution in [1.29, 1.82) is 0 Å². The zero-order valence-electron chi connectivity index (χ0n) is 9.37. The second-order valence-corrected chi connectivity index (χ2v) is 4.16. The second kappa shape index (κ2) is 4.33. The van der Waals surface area contributed by atoms with Gasteiger partial charge in [-0.1, -0.05) is 11.6 Å². The van der Waals surface area contributed by atoms with E-state index in [0.29, 0.717) is 27.4 Å². The van der Waals surface area contributed by atoms with Gasteiger partial charge in [0.1, 0.15) is 11.8 Å². The summed E-state index contributed by atoms with van der Waals surface area (Å²) in [5.74, 6) is -1.12. The van der Waals surface area contributed by atoms with Crippen molar-refractivity contribution in [3.63, 3.8) is 0 Å². The highest BCUT2D eigenvalue weighted by Crippen LogP contribution is 2.29. The SMILES string of the molecule is O=C(O)c1cc(-c2cc(Cl)c3ncoc3c2)ncn1. The van der Waals surface area contributed by atoms with E-state index in [1.54, 1.807) is 12.1 Å². The van der Waals surface area contributed by atoms with E-state index in [0.717, 1.165) is 0 Å². The van der Waals surface area contributed by atoms with Crippen LogP contribution in [0.1, 0.15) is 10.5 Å². The van der Waals surface area contributed by atoms with E-state index in [1.165, 1.54) is 18.8 Å². The summed E-state index contributed by atoms with van der Waals surface area (Å²) in [5, 5.41) is 9.32. The Morgan fingerprint density at radius 1 is 1.21 bits per heavy atom. The van der Waals surface area contributed by atoms with E-state index < -0.39 is 5.97 Å². The molecule has 6 nitrogen and oxygen atoms in total. The Labute approximate surface area is 111 Å². The monoisotopic (exact) mass is 275 g/mol. The van der Waals surface area contributed by atoms with Crippen LogP contribution in [0.5, 0.6) is 0 Å². The third-order valence-corrected chi connectivity index (χ3v) is 2.86. The minimum absolute atomic E-state index is 0.0845. The lowest BCUT2D eigenvalue weighted by Gasteiger charge is -2.02. The van der Waals surface area contributed by atoms with E-state index in [9.17, 15) is 4.79 Å². The van der Waals surface area contributed by atoms with Crippen LogP contribution in [0.4, 0.5) is 0 Å². The maximum absolute atomic E-state index is 10.9. The molecule has 0 atom stereocenters. The number of carbonyl (C=O) groups is 1. The lowest BCUT2D eigenvalue weighted by molar-refractivity contribution is 0.0690. The van der Waals surface area contributed by atoms with Gasteiger partial charge in [-0.3, -0.25) is 0 Å². The summed E-state index contributed by atoms with van der Waals surface area (Å²) < 4.78 is 5.18. The average Bonchev–Trinajstić information content (AvgIpc) is 2.87. The maximum atomic E-state index is 10.9. The van der Waals surface area contributed by atoms with Gasteiger partial charge in [0.05, 0.1) is 10.7 Å². The van der Waals surface area contributed by atoms with Crippen LogP contribution in [-0.4, -0.2) is 26.0 Å². The first-order valence-corrected chi connectivity index (χ1v) is 5.61. The number of hydrogen-bond acceptors (Lipinski definition) is 5. The minimum atomic E-state index is -1.12. The first-order chi connectivity index (χ1) is 9.15. The molecule has 0 unspecified atom stereocenters. The van der Waals surface area contributed by atoms with Crippen molar-refractivity contribution in [1.82, 2.24) is 15.0 Å². The van der Waals surface area contributed by atoms with Crippen molar-refractivity contribution in [2.24, 2.45) is 0 Å². The van der Waals surface area contributed by atoms with Gasteiger partial charge in [0.25, 0.3) is 0 Å². The number of halogens is 1. The molecule has 1 aromatic carbocycles. The number of hydrogen-bond donors (Lipinski definition) is 1. The van der Waals surface area contributed by atoms with Crippen LogP contribution in [-0.2, 0) is 0 Å². The van der Waals surface area contributed by atoms with Gasteiger partial charge in [-0.25, -0.2) is 19.7 Å². The number of carboxylic acid groups (broad SMARTS) is 1. The highest BCUT2D eigenvalue weighted by Gasteiger charge is 2.11. The molecule has 0 aliphatic rings. The molecule has 0 fully saturated rings. The van der Waals surface area contributed by atoms with Gasteiger partial charge >= 0.3 is 5.97 Å². The van der Waals surface area contributed by atoms with E-state index in [1.807, 2.05) is 0 Å². The summed E-state index contributed by atoms with van der Waals surface area (Å²) in [6.45, 7) is 0. The summed E-state index contributed by atoms with van der Waals surface area (Å²) in [7, 11) is 0. The molecule has 7 heteroatoms. The Bertz CT molecular complexity index is 785. The Hall–Kier alpha value is -2.47. The average molecular weight is 276 g/mol. The van der Waals surface area contributed by atoms with E-state index in [-0.39, 0.29) is 5.69 Å². The molecule has 0 bridgehead atoms. The third kappa shape index (κ3) is 2.02. The quantitative estimate of drug-likeness (QED) is 0.773. The van der Waals surface area contributed by atoms with Gasteiger partial charge in [-0.05, 0) is 18.2 Å². The number of aromatic carboxylic acids is 1. The Balaban J connectivity index is 2.18. The van der Waals surface area contributed by atoms with Crippen LogP contribution in [0.15, 0.2) is 35.3 Å². The summed E-state index contributed by atoms with van der Waals surface area (Å²) >= 11 is 6.07. The molecule has 0 aliphatic carbocycles. The van der Waals surface area contributed by atoms with Crippen LogP contribution in [0, 0.1) is 0 Å². The molecule has 0 aliphatic heterocycles. The van der Waals surface area contributed by atoms with Crippen molar-refractivity contribution in [2.45, 2.75) is 0 Å². The fourth-order valence-electron chi connectivity index (χ4n) is 1.70. The smallest absolute Gasteiger partial charge is 0.354 e. The highest BCUT2D eigenvalue weighted by molar-refractivity contribution is 6.35. The fraction of sp³-hybridized carbons (Fsp3) is 0. The summed E-state index contributed by atoms with van der Waals surface area (Å²) in [6.07, 6.45) is 2.49. The predicted molar refractivity (Wildman–Crippen MR) is 67.0 cm³/mol. The molecule has 3 rings (SSSR count). The Morgan fingerprint density at radius 3 is 2.84 bits per heavy atom. The van der Waals surface area contributed by atoms with Crippen LogP contribution in [0.2, 0.25) is 5.02 Å². The topological polar surface area (TPSA) is 89.1 Å². The van der Waals surface area contributed by atoms with Crippen LogP contribution in [0.25, 0.3) is 22.4 Å². The van der Waals surface area contributed by atoms with Crippen molar-refractivity contribution >= 4 is 28.7 Å². The molecule has 3 aromatic rings. The van der Waals surface area contributed by atoms with Crippen molar-refractivity contribution in [3.05, 3.63) is 41.6 Å². The molecule has 2 heterocycles. The van der Waals surface area contributed by atoms with Gasteiger partial charge in [0.2, 0.25) is 0 Å². The number of aromatic nitrogens is 3. The lowest BCUT2D eigenvalue weighted by atomic mass is 10.1. The van der Waals surface area contributed by atoms with E-state index >= 15 is 0 Å². The molecule has 2 aromatic heterocycles. The van der Waals surface area contributed by atoms with Crippen LogP contribution in [0.3, 0.4) is 0 Å². The first-order valence-electron chi connectivity index (χ1n) is 5.23. The maximum Gasteiger partial charge on any atom is 0.354 e. The number of carboxylic acids is 1. The highest BCUT2D eigenvalue weighted by atomic mass is 35.5. The zero-order chi connectivity index (χ0) is 13.4. The minimum Gasteiger partial charge on any atom is -0.477 e. The summed E-state index contributed by atoms with van der Waals surface area (Å²) in [5.41, 5.74) is 2.07. The van der Waals surface area contributed by atoms with Gasteiger partial charge in [-0.15, -0.1) is 0 Å². The molecule has 19 heavy (non-hydrogen) atoms. The molecule has 1 N–H and O–H groups in total. The predicted octanol–water partition coefficient (Wildman–Crippen LogP) is 2.64.